The third-order valence-electron chi connectivity index (χ3n) is 2.51. The number of carbonyl (C=O) groups excluding carboxylic acids is 1. The summed E-state index contributed by atoms with van der Waals surface area (Å²) < 4.78 is 1.70. The fourth-order valence-electron chi connectivity index (χ4n) is 1.82. The van der Waals surface area contributed by atoms with Gasteiger partial charge in [-0.3, -0.25) is 14.5 Å². The number of hydrogen-bond donors (Lipinski definition) is 0. The first kappa shape index (κ1) is 11.5. The Balaban J connectivity index is 2.19. The lowest BCUT2D eigenvalue weighted by Gasteiger charge is -2.02. The molecule has 0 radical (unpaired) electrons. The molecule has 0 spiro atoms. The minimum absolute atomic E-state index is 0.0808. The van der Waals surface area contributed by atoms with Crippen LogP contribution in [0.2, 0.25) is 0 Å². The van der Waals surface area contributed by atoms with Gasteiger partial charge in [0.2, 0.25) is 0 Å². The van der Waals surface area contributed by atoms with Crippen molar-refractivity contribution in [2.24, 2.45) is 7.05 Å². The van der Waals surface area contributed by atoms with E-state index in [9.17, 15) is 4.79 Å². The first-order valence-corrected chi connectivity index (χ1v) is 5.51. The Hall–Kier alpha value is -1.97. The van der Waals surface area contributed by atoms with Crippen LogP contribution in [0.15, 0.2) is 24.4 Å². The van der Waals surface area contributed by atoms with Gasteiger partial charge in [0, 0.05) is 30.2 Å². The smallest absolute Gasteiger partial charge is 0.169 e. The van der Waals surface area contributed by atoms with Crippen LogP contribution in [0.25, 0.3) is 0 Å². The average Bonchev–Trinajstić information content (AvgIpc) is 2.62. The molecule has 0 aliphatic carbocycles. The molecule has 0 N–H and O–H groups in total. The minimum Gasteiger partial charge on any atom is -0.294 e. The number of rotatable bonds is 3. The van der Waals surface area contributed by atoms with Gasteiger partial charge in [0.1, 0.15) is 0 Å². The van der Waals surface area contributed by atoms with Gasteiger partial charge in [-0.1, -0.05) is 0 Å². The van der Waals surface area contributed by atoms with Crippen LogP contribution in [0.4, 0.5) is 0 Å². The summed E-state index contributed by atoms with van der Waals surface area (Å²) in [6.07, 6.45) is 2.18. The highest BCUT2D eigenvalue weighted by atomic mass is 16.1. The second-order valence-corrected chi connectivity index (χ2v) is 4.22. The van der Waals surface area contributed by atoms with E-state index in [-0.39, 0.29) is 5.78 Å². The van der Waals surface area contributed by atoms with Crippen LogP contribution in [-0.2, 0) is 13.5 Å². The van der Waals surface area contributed by atoms with E-state index in [1.165, 1.54) is 0 Å². The fourth-order valence-corrected chi connectivity index (χ4v) is 1.82. The normalized spacial score (nSPS) is 10.5. The largest absolute Gasteiger partial charge is 0.294 e. The molecule has 2 heterocycles. The lowest BCUT2D eigenvalue weighted by molar-refractivity contribution is 0.0991. The second kappa shape index (κ2) is 4.49. The molecule has 2 aromatic heterocycles. The standard InChI is InChI=1S/C13H15N3O/c1-9-6-11(7-10(2)14-9)13(17)8-12-4-5-16(3)15-12/h4-7H,8H2,1-3H3. The molecule has 2 aromatic rings. The Morgan fingerprint density at radius 1 is 1.29 bits per heavy atom. The zero-order chi connectivity index (χ0) is 12.4. The molecular weight excluding hydrogens is 214 g/mol. The molecule has 88 valence electrons. The monoisotopic (exact) mass is 229 g/mol. The summed E-state index contributed by atoms with van der Waals surface area (Å²) in [5, 5.41) is 4.20. The van der Waals surface area contributed by atoms with Crippen LogP contribution in [0, 0.1) is 13.8 Å². The van der Waals surface area contributed by atoms with Crippen molar-refractivity contribution in [2.75, 3.05) is 0 Å². The number of hydrogen-bond acceptors (Lipinski definition) is 3. The van der Waals surface area contributed by atoms with E-state index in [0.29, 0.717) is 12.0 Å². The van der Waals surface area contributed by atoms with Gasteiger partial charge in [-0.05, 0) is 32.0 Å². The van der Waals surface area contributed by atoms with Gasteiger partial charge in [-0.25, -0.2) is 0 Å². The summed E-state index contributed by atoms with van der Waals surface area (Å²) in [7, 11) is 1.84. The van der Waals surface area contributed by atoms with Crippen molar-refractivity contribution in [3.63, 3.8) is 0 Å². The van der Waals surface area contributed by atoms with Crippen molar-refractivity contribution < 1.29 is 4.79 Å². The quantitative estimate of drug-likeness (QED) is 0.755. The predicted molar refractivity (Wildman–Crippen MR) is 65.0 cm³/mol. The number of aryl methyl sites for hydroxylation is 3. The molecular formula is C13H15N3O. The fraction of sp³-hybridized carbons (Fsp3) is 0.308. The van der Waals surface area contributed by atoms with Crippen LogP contribution < -0.4 is 0 Å². The number of aromatic nitrogens is 3. The molecule has 0 aromatic carbocycles. The van der Waals surface area contributed by atoms with Crippen molar-refractivity contribution in [3.05, 3.63) is 47.0 Å². The van der Waals surface area contributed by atoms with Crippen LogP contribution in [0.5, 0.6) is 0 Å². The number of nitrogens with zero attached hydrogens (tertiary/aromatic N) is 3. The van der Waals surface area contributed by atoms with E-state index in [4.69, 9.17) is 0 Å². The highest BCUT2D eigenvalue weighted by Crippen LogP contribution is 2.09. The number of carbonyl (C=O) groups is 1. The highest BCUT2D eigenvalue weighted by Gasteiger charge is 2.10. The van der Waals surface area contributed by atoms with E-state index >= 15 is 0 Å². The zero-order valence-electron chi connectivity index (χ0n) is 10.3. The van der Waals surface area contributed by atoms with Crippen molar-refractivity contribution in [1.29, 1.82) is 0 Å². The van der Waals surface area contributed by atoms with Gasteiger partial charge < -0.3 is 0 Å². The number of Topliss-reactive ketones (excluding diaryl/α,β-unsaturated/α-hetero) is 1. The minimum atomic E-state index is 0.0808. The van der Waals surface area contributed by atoms with Gasteiger partial charge in [0.25, 0.3) is 0 Å². The topological polar surface area (TPSA) is 47.8 Å². The molecule has 4 nitrogen and oxygen atoms in total. The van der Waals surface area contributed by atoms with Gasteiger partial charge in [-0.2, -0.15) is 5.10 Å². The lowest BCUT2D eigenvalue weighted by Crippen LogP contribution is -2.06. The molecule has 0 aliphatic heterocycles. The molecule has 4 heteroatoms. The summed E-state index contributed by atoms with van der Waals surface area (Å²) in [6, 6.07) is 5.50. The van der Waals surface area contributed by atoms with Gasteiger partial charge >= 0.3 is 0 Å². The molecule has 2 rings (SSSR count). The predicted octanol–water partition coefficient (Wildman–Crippen LogP) is 1.86. The van der Waals surface area contributed by atoms with Crippen molar-refractivity contribution in [3.8, 4) is 0 Å². The number of ketones is 1. The molecule has 0 fully saturated rings. The van der Waals surface area contributed by atoms with Gasteiger partial charge in [-0.15, -0.1) is 0 Å². The molecule has 0 aliphatic rings. The Bertz CT molecular complexity index is 537. The molecule has 0 unspecified atom stereocenters. The molecule has 0 bridgehead atoms. The molecule has 0 amide bonds. The Morgan fingerprint density at radius 2 is 1.94 bits per heavy atom. The molecule has 17 heavy (non-hydrogen) atoms. The van der Waals surface area contributed by atoms with Gasteiger partial charge in [0.05, 0.1) is 12.1 Å². The average molecular weight is 229 g/mol. The van der Waals surface area contributed by atoms with E-state index < -0.39 is 0 Å². The van der Waals surface area contributed by atoms with Crippen molar-refractivity contribution in [1.82, 2.24) is 14.8 Å². The van der Waals surface area contributed by atoms with Crippen LogP contribution in [-0.4, -0.2) is 20.5 Å². The summed E-state index contributed by atoms with van der Waals surface area (Å²) in [5.74, 6) is 0.0808. The lowest BCUT2D eigenvalue weighted by atomic mass is 10.1. The zero-order valence-corrected chi connectivity index (χ0v) is 10.3. The van der Waals surface area contributed by atoms with Crippen LogP contribution in [0.3, 0.4) is 0 Å². The maximum absolute atomic E-state index is 12.1. The SMILES string of the molecule is Cc1cc(C(=O)Cc2ccn(C)n2)cc(C)n1. The third kappa shape index (κ3) is 2.78. The first-order chi connectivity index (χ1) is 8.04. The second-order valence-electron chi connectivity index (χ2n) is 4.22. The summed E-state index contributed by atoms with van der Waals surface area (Å²) in [5.41, 5.74) is 3.24. The Labute approximate surface area is 100 Å². The molecule has 0 saturated heterocycles. The number of pyridine rings is 1. The van der Waals surface area contributed by atoms with Crippen LogP contribution in [0.1, 0.15) is 27.4 Å². The summed E-state index contributed by atoms with van der Waals surface area (Å²) in [4.78, 5) is 16.3. The third-order valence-corrected chi connectivity index (χ3v) is 2.51. The van der Waals surface area contributed by atoms with Crippen molar-refractivity contribution >= 4 is 5.78 Å². The Kier molecular flexibility index (Phi) is 3.04. The van der Waals surface area contributed by atoms with E-state index in [1.54, 1.807) is 4.68 Å². The van der Waals surface area contributed by atoms with Crippen LogP contribution >= 0.6 is 0 Å². The molecule has 0 atom stereocenters. The summed E-state index contributed by atoms with van der Waals surface area (Å²) in [6.45, 7) is 3.79. The van der Waals surface area contributed by atoms with E-state index in [1.807, 2.05) is 45.3 Å². The first-order valence-electron chi connectivity index (χ1n) is 5.51. The highest BCUT2D eigenvalue weighted by molar-refractivity contribution is 5.97. The maximum atomic E-state index is 12.1. The van der Waals surface area contributed by atoms with Gasteiger partial charge in [0.15, 0.2) is 5.78 Å². The Morgan fingerprint density at radius 3 is 2.47 bits per heavy atom. The van der Waals surface area contributed by atoms with Crippen molar-refractivity contribution in [2.45, 2.75) is 20.3 Å². The molecule has 0 saturated carbocycles. The maximum Gasteiger partial charge on any atom is 0.169 e. The summed E-state index contributed by atoms with van der Waals surface area (Å²) >= 11 is 0. The van der Waals surface area contributed by atoms with E-state index in [2.05, 4.69) is 10.1 Å². The van der Waals surface area contributed by atoms with E-state index in [0.717, 1.165) is 17.1 Å².